The number of nitro groups is 1. The minimum atomic E-state index is -0.735. The normalized spacial score (nSPS) is 10.9. The first-order valence-electron chi connectivity index (χ1n) is 10.8. The number of rotatable bonds is 10. The Morgan fingerprint density at radius 3 is 1.81 bits per heavy atom. The van der Waals surface area contributed by atoms with E-state index in [-0.39, 0.29) is 35.0 Å². The second-order valence-corrected chi connectivity index (χ2v) is 8.23. The number of anilines is 2. The van der Waals surface area contributed by atoms with Crippen LogP contribution in [0.25, 0.3) is 0 Å². The maximum Gasteiger partial charge on any atom is 0.382 e. The Hall–Kier alpha value is -4.60. The summed E-state index contributed by atoms with van der Waals surface area (Å²) < 4.78 is 4.08. The Morgan fingerprint density at radius 1 is 0.861 bits per heavy atom. The van der Waals surface area contributed by atoms with Crippen LogP contribution in [0.3, 0.4) is 0 Å². The van der Waals surface area contributed by atoms with Gasteiger partial charge in [-0.1, -0.05) is 0 Å². The molecule has 3 amide bonds. The van der Waals surface area contributed by atoms with Crippen LogP contribution < -0.4 is 16.0 Å². The highest BCUT2D eigenvalue weighted by Crippen LogP contribution is 2.14. The highest BCUT2D eigenvalue weighted by atomic mass is 16.6. The van der Waals surface area contributed by atoms with Gasteiger partial charge in [0.05, 0.1) is 0 Å². The van der Waals surface area contributed by atoms with Crippen LogP contribution in [0.15, 0.2) is 18.6 Å². The SMILES string of the molecule is CN(C)CCCNC(=O)c1nc(NC(=O)c2nc(NC(=O)c3nc([N+](=O)[O-])cn3C)cn2C)cn1C. The Bertz CT molecular complexity index is 1300. The van der Waals surface area contributed by atoms with Crippen LogP contribution in [-0.4, -0.2) is 83.4 Å². The first-order valence-corrected chi connectivity index (χ1v) is 10.8. The molecule has 0 aliphatic rings. The lowest BCUT2D eigenvalue weighted by atomic mass is 10.4. The summed E-state index contributed by atoms with van der Waals surface area (Å²) in [7, 11) is 8.52. The molecule has 0 aliphatic carbocycles. The molecule has 0 aromatic carbocycles. The van der Waals surface area contributed by atoms with Crippen LogP contribution in [0.5, 0.6) is 0 Å². The molecule has 192 valence electrons. The predicted molar refractivity (Wildman–Crippen MR) is 128 cm³/mol. The molecule has 16 nitrogen and oxygen atoms in total. The molecule has 0 bridgehead atoms. The maximum absolute atomic E-state index is 12.7. The lowest BCUT2D eigenvalue weighted by molar-refractivity contribution is -0.389. The molecule has 0 radical (unpaired) electrons. The van der Waals surface area contributed by atoms with E-state index in [1.54, 1.807) is 14.1 Å². The molecule has 3 N–H and O–H groups in total. The van der Waals surface area contributed by atoms with Gasteiger partial charge in [-0.2, -0.15) is 0 Å². The van der Waals surface area contributed by atoms with Crippen molar-refractivity contribution in [2.24, 2.45) is 21.1 Å². The Morgan fingerprint density at radius 2 is 1.33 bits per heavy atom. The number of amides is 3. The average molecular weight is 502 g/mol. The molecule has 3 rings (SSSR count). The van der Waals surface area contributed by atoms with E-state index in [4.69, 9.17) is 0 Å². The van der Waals surface area contributed by atoms with Crippen LogP contribution >= 0.6 is 0 Å². The summed E-state index contributed by atoms with van der Waals surface area (Å²) in [5.74, 6) is -2.12. The molecule has 16 heteroatoms. The van der Waals surface area contributed by atoms with Gasteiger partial charge >= 0.3 is 17.5 Å². The molecule has 36 heavy (non-hydrogen) atoms. The van der Waals surface area contributed by atoms with Crippen molar-refractivity contribution in [3.63, 3.8) is 0 Å². The van der Waals surface area contributed by atoms with Gasteiger partial charge in [0.25, 0.3) is 11.8 Å². The van der Waals surface area contributed by atoms with Crippen molar-refractivity contribution in [1.29, 1.82) is 0 Å². The molecule has 0 fully saturated rings. The topological polar surface area (TPSA) is 187 Å². The summed E-state index contributed by atoms with van der Waals surface area (Å²) in [6.07, 6.45) is 4.78. The third-order valence-corrected chi connectivity index (χ3v) is 4.96. The van der Waals surface area contributed by atoms with Crippen molar-refractivity contribution in [3.8, 4) is 0 Å². The zero-order valence-electron chi connectivity index (χ0n) is 20.5. The lowest BCUT2D eigenvalue weighted by Gasteiger charge is -2.09. The van der Waals surface area contributed by atoms with Crippen molar-refractivity contribution < 1.29 is 19.3 Å². The summed E-state index contributed by atoms with van der Waals surface area (Å²) >= 11 is 0. The number of nitrogens with one attached hydrogen (secondary N) is 3. The highest BCUT2D eigenvalue weighted by Gasteiger charge is 2.25. The number of carbonyl (C=O) groups excluding carboxylic acids is 3. The Balaban J connectivity index is 1.64. The van der Waals surface area contributed by atoms with Gasteiger partial charge in [-0.15, -0.1) is 0 Å². The molecule has 0 atom stereocenters. The minimum Gasteiger partial charge on any atom is -0.358 e. The van der Waals surface area contributed by atoms with E-state index in [2.05, 4.69) is 30.9 Å². The second kappa shape index (κ2) is 10.8. The maximum atomic E-state index is 12.7. The molecule has 3 aromatic rings. The number of nitrogens with zero attached hydrogens (tertiary/aromatic N) is 8. The molecule has 0 saturated carbocycles. The third kappa shape index (κ3) is 6.09. The number of carbonyl (C=O) groups is 3. The van der Waals surface area contributed by atoms with E-state index in [9.17, 15) is 24.5 Å². The van der Waals surface area contributed by atoms with Crippen molar-refractivity contribution in [1.82, 2.24) is 38.9 Å². The van der Waals surface area contributed by atoms with Gasteiger partial charge in [0, 0.05) is 40.1 Å². The molecular formula is C20H27N11O5. The Kier molecular flexibility index (Phi) is 7.78. The third-order valence-electron chi connectivity index (χ3n) is 4.96. The monoisotopic (exact) mass is 501 g/mol. The van der Waals surface area contributed by atoms with Crippen LogP contribution in [0.1, 0.15) is 38.3 Å². The van der Waals surface area contributed by atoms with Gasteiger partial charge in [-0.25, -0.2) is 9.97 Å². The molecular weight excluding hydrogens is 474 g/mol. The summed E-state index contributed by atoms with van der Waals surface area (Å²) in [4.78, 5) is 61.7. The largest absolute Gasteiger partial charge is 0.382 e. The van der Waals surface area contributed by atoms with Crippen LogP contribution in [0.4, 0.5) is 17.5 Å². The number of hydrogen-bond acceptors (Lipinski definition) is 9. The number of aromatic nitrogens is 6. The standard InChI is InChI=1S/C20H27N11O5/c1-27(2)8-6-7-21-18(32)15-22-12(9-28(15)3)24-19(33)16-23-13(10-29(16)4)25-20(34)17-26-14(31(35)36)11-30(17)5/h9-11H,6-8H2,1-5H3,(H,21,32)(H,24,33)(H,25,34). The van der Waals surface area contributed by atoms with Crippen molar-refractivity contribution in [3.05, 3.63) is 46.2 Å². The summed E-state index contributed by atoms with van der Waals surface area (Å²) in [6, 6.07) is 0. The number of hydrogen-bond donors (Lipinski definition) is 3. The van der Waals surface area contributed by atoms with Gasteiger partial charge in [0.15, 0.2) is 11.6 Å². The molecule has 3 heterocycles. The zero-order chi connectivity index (χ0) is 26.6. The fraction of sp³-hybridized carbons (Fsp3) is 0.400. The van der Waals surface area contributed by atoms with E-state index in [0.717, 1.165) is 19.2 Å². The molecule has 0 aliphatic heterocycles. The van der Waals surface area contributed by atoms with E-state index in [0.29, 0.717) is 6.54 Å². The highest BCUT2D eigenvalue weighted by molar-refractivity contribution is 6.04. The van der Waals surface area contributed by atoms with Crippen molar-refractivity contribution in [2.45, 2.75) is 6.42 Å². The fourth-order valence-electron chi connectivity index (χ4n) is 3.25. The minimum absolute atomic E-state index is 0.0390. The van der Waals surface area contributed by atoms with Crippen molar-refractivity contribution >= 4 is 35.2 Å². The smallest absolute Gasteiger partial charge is 0.358 e. The molecule has 3 aromatic heterocycles. The molecule has 0 unspecified atom stereocenters. The first kappa shape index (κ1) is 26.0. The second-order valence-electron chi connectivity index (χ2n) is 8.23. The predicted octanol–water partition coefficient (Wildman–Crippen LogP) is -0.0186. The first-order chi connectivity index (χ1) is 17.0. The van der Waals surface area contributed by atoms with Gasteiger partial charge in [0.2, 0.25) is 11.6 Å². The molecule has 0 saturated heterocycles. The average Bonchev–Trinajstić information content (AvgIpc) is 3.47. The summed E-state index contributed by atoms with van der Waals surface area (Å²) in [6.45, 7) is 1.31. The number of aryl methyl sites for hydroxylation is 3. The van der Waals surface area contributed by atoms with Crippen LogP contribution in [0, 0.1) is 10.1 Å². The van der Waals surface area contributed by atoms with E-state index in [1.165, 1.54) is 33.1 Å². The van der Waals surface area contributed by atoms with Gasteiger partial charge in [0.1, 0.15) is 6.20 Å². The lowest BCUT2D eigenvalue weighted by Crippen LogP contribution is -2.29. The van der Waals surface area contributed by atoms with Gasteiger partial charge in [-0.3, -0.25) is 14.4 Å². The van der Waals surface area contributed by atoms with Crippen molar-refractivity contribution in [2.75, 3.05) is 37.8 Å². The van der Waals surface area contributed by atoms with Gasteiger partial charge in [-0.05, 0) is 37.0 Å². The fourth-order valence-corrected chi connectivity index (χ4v) is 3.25. The summed E-state index contributed by atoms with van der Waals surface area (Å²) in [5.41, 5.74) is 0. The summed E-state index contributed by atoms with van der Waals surface area (Å²) in [5, 5.41) is 18.7. The molecule has 0 spiro atoms. The number of imidazole rings is 3. The van der Waals surface area contributed by atoms with E-state index < -0.39 is 22.6 Å². The van der Waals surface area contributed by atoms with E-state index >= 15 is 0 Å². The van der Waals surface area contributed by atoms with Crippen LogP contribution in [0.2, 0.25) is 0 Å². The quantitative estimate of drug-likeness (QED) is 0.195. The Labute approximate surface area is 205 Å². The van der Waals surface area contributed by atoms with Gasteiger partial charge < -0.3 is 44.7 Å². The van der Waals surface area contributed by atoms with E-state index in [1.807, 2.05) is 19.0 Å². The van der Waals surface area contributed by atoms with Crippen LogP contribution in [-0.2, 0) is 21.1 Å². The zero-order valence-corrected chi connectivity index (χ0v) is 20.5.